The molecule has 1 unspecified atom stereocenters. The molecule has 0 spiro atoms. The van der Waals surface area contributed by atoms with Crippen molar-refractivity contribution >= 4 is 17.3 Å². The number of phenolic OH excluding ortho intramolecular Hbond substituents is 1. The molecule has 3 N–H and O–H groups in total. The van der Waals surface area contributed by atoms with Crippen molar-refractivity contribution in [1.29, 1.82) is 0 Å². The summed E-state index contributed by atoms with van der Waals surface area (Å²) in [5.74, 6) is 0.965. The summed E-state index contributed by atoms with van der Waals surface area (Å²) in [6.07, 6.45) is 0. The Labute approximate surface area is 128 Å². The van der Waals surface area contributed by atoms with Gasteiger partial charge in [0.1, 0.15) is 5.75 Å². The molecule has 2 heterocycles. The lowest BCUT2D eigenvalue weighted by atomic mass is 9.99. The monoisotopic (exact) mass is 301 g/mol. The molecule has 3 rings (SSSR count). The summed E-state index contributed by atoms with van der Waals surface area (Å²) in [6.45, 7) is 5.29. The molecule has 0 bridgehead atoms. The molecule has 110 valence electrons. The van der Waals surface area contributed by atoms with E-state index >= 15 is 0 Å². The van der Waals surface area contributed by atoms with E-state index < -0.39 is 0 Å². The lowest BCUT2D eigenvalue weighted by Crippen LogP contribution is -2.35. The van der Waals surface area contributed by atoms with Gasteiger partial charge in [-0.2, -0.15) is 0 Å². The quantitative estimate of drug-likeness (QED) is 0.916. The molecule has 1 aromatic carbocycles. The smallest absolute Gasteiger partial charge is 0.192 e. The topological polar surface area (TPSA) is 61.8 Å². The first-order chi connectivity index (χ1) is 10.1. The van der Waals surface area contributed by atoms with Gasteiger partial charge in [0.05, 0.1) is 19.1 Å². The molecule has 1 aliphatic heterocycles. The predicted molar refractivity (Wildman–Crippen MR) is 86.7 cm³/mol. The van der Waals surface area contributed by atoms with E-state index in [0.717, 1.165) is 23.2 Å². The maximum Gasteiger partial charge on any atom is 0.192 e. The highest BCUT2D eigenvalue weighted by molar-refractivity contribution is 7.09. The van der Waals surface area contributed by atoms with Gasteiger partial charge >= 0.3 is 0 Å². The van der Waals surface area contributed by atoms with Gasteiger partial charge < -0.3 is 15.7 Å². The molecule has 21 heavy (non-hydrogen) atoms. The van der Waals surface area contributed by atoms with E-state index in [9.17, 15) is 5.11 Å². The Bertz CT molecular complexity index is 656. The van der Waals surface area contributed by atoms with Crippen LogP contribution in [0.15, 0.2) is 34.6 Å². The second kappa shape index (κ2) is 5.41. The zero-order valence-electron chi connectivity index (χ0n) is 12.2. The van der Waals surface area contributed by atoms with Crippen LogP contribution in [0.1, 0.15) is 27.6 Å². The van der Waals surface area contributed by atoms with Crippen LogP contribution in [-0.2, 0) is 6.54 Å². The Morgan fingerprint density at radius 3 is 2.71 bits per heavy atom. The largest absolute Gasteiger partial charge is 0.507 e. The van der Waals surface area contributed by atoms with Crippen LogP contribution in [0, 0.1) is 13.8 Å². The zero-order valence-corrected chi connectivity index (χ0v) is 13.0. The molecular weight excluding hydrogens is 282 g/mol. The molecular formula is C16H19N3OS. The van der Waals surface area contributed by atoms with Crippen molar-refractivity contribution < 1.29 is 5.11 Å². The fourth-order valence-electron chi connectivity index (χ4n) is 2.76. The van der Waals surface area contributed by atoms with E-state index in [4.69, 9.17) is 5.73 Å². The first-order valence-electron chi connectivity index (χ1n) is 6.95. The summed E-state index contributed by atoms with van der Waals surface area (Å²) < 4.78 is 0. The Kier molecular flexibility index (Phi) is 3.59. The third-order valence-electron chi connectivity index (χ3n) is 3.90. The molecule has 1 aliphatic rings. The van der Waals surface area contributed by atoms with E-state index in [1.807, 2.05) is 32.0 Å². The van der Waals surface area contributed by atoms with E-state index in [1.54, 1.807) is 11.3 Å². The zero-order chi connectivity index (χ0) is 15.0. The summed E-state index contributed by atoms with van der Waals surface area (Å²) in [5, 5.41) is 12.0. The van der Waals surface area contributed by atoms with Crippen LogP contribution in [0.25, 0.3) is 0 Å². The number of benzene rings is 1. The van der Waals surface area contributed by atoms with Crippen molar-refractivity contribution in [2.24, 2.45) is 10.7 Å². The average Bonchev–Trinajstić information content (AvgIpc) is 3.07. The van der Waals surface area contributed by atoms with Crippen LogP contribution in [0.4, 0.5) is 0 Å². The molecule has 0 amide bonds. The number of rotatable bonds is 3. The van der Waals surface area contributed by atoms with Gasteiger partial charge in [0.15, 0.2) is 5.96 Å². The first-order valence-corrected chi connectivity index (χ1v) is 7.83. The highest BCUT2D eigenvalue weighted by Gasteiger charge is 2.28. The number of aromatic hydroxyl groups is 1. The van der Waals surface area contributed by atoms with Crippen molar-refractivity contribution in [3.63, 3.8) is 0 Å². The summed E-state index contributed by atoms with van der Waals surface area (Å²) >= 11 is 1.73. The van der Waals surface area contributed by atoms with E-state index in [0.29, 0.717) is 18.3 Å². The first kappa shape index (κ1) is 13.9. The summed E-state index contributed by atoms with van der Waals surface area (Å²) in [6, 6.07) is 8.36. The van der Waals surface area contributed by atoms with Crippen LogP contribution in [0.5, 0.6) is 5.75 Å². The minimum absolute atomic E-state index is 0.144. The normalized spacial score (nSPS) is 18.1. The molecule has 1 aromatic heterocycles. The lowest BCUT2D eigenvalue weighted by Gasteiger charge is -2.26. The number of thiophene rings is 1. The van der Waals surface area contributed by atoms with E-state index in [-0.39, 0.29) is 6.04 Å². The average molecular weight is 301 g/mol. The van der Waals surface area contributed by atoms with Gasteiger partial charge in [-0.25, -0.2) is 0 Å². The summed E-state index contributed by atoms with van der Waals surface area (Å²) in [5.41, 5.74) is 9.01. The number of aliphatic imine (C=N–C) groups is 1. The molecule has 0 saturated carbocycles. The molecule has 1 atom stereocenters. The molecule has 0 saturated heterocycles. The summed E-state index contributed by atoms with van der Waals surface area (Å²) in [7, 11) is 0. The lowest BCUT2D eigenvalue weighted by molar-refractivity contribution is 0.342. The Morgan fingerprint density at radius 1 is 1.38 bits per heavy atom. The van der Waals surface area contributed by atoms with Crippen LogP contribution in [0.2, 0.25) is 0 Å². The fraction of sp³-hybridized carbons (Fsp3) is 0.312. The van der Waals surface area contributed by atoms with Gasteiger partial charge in [-0.15, -0.1) is 11.3 Å². The van der Waals surface area contributed by atoms with Crippen LogP contribution < -0.4 is 5.73 Å². The van der Waals surface area contributed by atoms with Crippen molar-refractivity contribution in [1.82, 2.24) is 4.90 Å². The molecule has 0 fully saturated rings. The second-order valence-electron chi connectivity index (χ2n) is 5.43. The number of nitrogens with zero attached hydrogens (tertiary/aromatic N) is 2. The number of nitrogens with two attached hydrogens (primary N) is 1. The van der Waals surface area contributed by atoms with Crippen molar-refractivity contribution in [2.45, 2.75) is 26.4 Å². The number of guanidine groups is 1. The minimum Gasteiger partial charge on any atom is -0.507 e. The van der Waals surface area contributed by atoms with Gasteiger partial charge in [-0.1, -0.05) is 18.2 Å². The standard InChI is InChI=1S/C16H19N3OS/c1-10-6-12(7-11(2)15(10)20)14-8-18-16(17)19(14)9-13-4-3-5-21-13/h3-7,14,20H,8-9H2,1-2H3,(H2,17,18). The fourth-order valence-corrected chi connectivity index (χ4v) is 3.46. The number of hydrogen-bond acceptors (Lipinski definition) is 5. The van der Waals surface area contributed by atoms with E-state index in [1.165, 1.54) is 4.88 Å². The van der Waals surface area contributed by atoms with E-state index in [2.05, 4.69) is 21.3 Å². The molecule has 0 aliphatic carbocycles. The maximum atomic E-state index is 9.93. The third-order valence-corrected chi connectivity index (χ3v) is 4.76. The van der Waals surface area contributed by atoms with Gasteiger partial charge in [0.2, 0.25) is 0 Å². The minimum atomic E-state index is 0.144. The van der Waals surface area contributed by atoms with Crippen molar-refractivity contribution in [3.05, 3.63) is 51.2 Å². The van der Waals surface area contributed by atoms with Gasteiger partial charge in [0, 0.05) is 4.88 Å². The second-order valence-corrected chi connectivity index (χ2v) is 6.46. The number of phenols is 1. The van der Waals surface area contributed by atoms with Gasteiger partial charge in [0.25, 0.3) is 0 Å². The van der Waals surface area contributed by atoms with Crippen molar-refractivity contribution in [2.75, 3.05) is 6.54 Å². The number of hydrogen-bond donors (Lipinski definition) is 2. The Hall–Kier alpha value is -2.01. The molecule has 5 heteroatoms. The third kappa shape index (κ3) is 2.61. The van der Waals surface area contributed by atoms with Gasteiger partial charge in [-0.3, -0.25) is 4.99 Å². The summed E-state index contributed by atoms with van der Waals surface area (Å²) in [4.78, 5) is 7.81. The van der Waals surface area contributed by atoms with Crippen LogP contribution >= 0.6 is 11.3 Å². The SMILES string of the molecule is Cc1cc(C2CN=C(N)N2Cc2cccs2)cc(C)c1O. The van der Waals surface area contributed by atoms with Crippen LogP contribution in [0.3, 0.4) is 0 Å². The molecule has 2 aromatic rings. The Balaban J connectivity index is 1.90. The highest BCUT2D eigenvalue weighted by atomic mass is 32.1. The molecule has 0 radical (unpaired) electrons. The Morgan fingerprint density at radius 2 is 2.10 bits per heavy atom. The highest BCUT2D eigenvalue weighted by Crippen LogP contribution is 2.32. The van der Waals surface area contributed by atoms with Gasteiger partial charge in [-0.05, 0) is 42.0 Å². The van der Waals surface area contributed by atoms with Crippen LogP contribution in [-0.4, -0.2) is 22.5 Å². The van der Waals surface area contributed by atoms with Crippen molar-refractivity contribution in [3.8, 4) is 5.75 Å². The predicted octanol–water partition coefficient (Wildman–Crippen LogP) is 2.94. The molecule has 4 nitrogen and oxygen atoms in total. The number of aryl methyl sites for hydroxylation is 2. The maximum absolute atomic E-state index is 9.93.